The van der Waals surface area contributed by atoms with Crippen LogP contribution in [0.5, 0.6) is 0 Å². The molecular formula is C14H17N. The number of nitrogens with one attached hydrogen (secondary N) is 1. The molecule has 2 aromatic rings. The van der Waals surface area contributed by atoms with Crippen molar-refractivity contribution in [2.45, 2.75) is 13.1 Å². The summed E-state index contributed by atoms with van der Waals surface area (Å²) in [5.74, 6) is 0. The average Bonchev–Trinajstić information content (AvgIpc) is 2.32. The molecule has 1 N–H and O–H groups in total. The minimum atomic E-state index is 0. The Hall–Kier alpha value is -1.60. The van der Waals surface area contributed by atoms with E-state index in [4.69, 9.17) is 0 Å². The normalized spacial score (nSPS) is 10.1. The first-order valence-electron chi connectivity index (χ1n) is 5.24. The summed E-state index contributed by atoms with van der Waals surface area (Å²) in [5.41, 5.74) is 2.65. The van der Waals surface area contributed by atoms with Crippen LogP contribution in [-0.4, -0.2) is 0 Å². The summed E-state index contributed by atoms with van der Waals surface area (Å²) < 4.78 is 0. The van der Waals surface area contributed by atoms with E-state index >= 15 is 0 Å². The predicted octanol–water partition coefficient (Wildman–Crippen LogP) is 3.22. The highest BCUT2D eigenvalue weighted by Gasteiger charge is 1.92. The monoisotopic (exact) mass is 199 g/mol. The van der Waals surface area contributed by atoms with Gasteiger partial charge in [0.15, 0.2) is 0 Å². The van der Waals surface area contributed by atoms with Crippen molar-refractivity contribution in [1.82, 2.24) is 5.32 Å². The van der Waals surface area contributed by atoms with E-state index in [9.17, 15) is 0 Å². The minimum Gasteiger partial charge on any atom is -0.309 e. The fraction of sp³-hybridized carbons (Fsp3) is 0.143. The van der Waals surface area contributed by atoms with Crippen LogP contribution < -0.4 is 5.32 Å². The molecule has 0 saturated heterocycles. The molecule has 15 heavy (non-hydrogen) atoms. The molecule has 0 aliphatic carbocycles. The van der Waals surface area contributed by atoms with Gasteiger partial charge in [0, 0.05) is 14.5 Å². The molecule has 1 nitrogen and oxygen atoms in total. The topological polar surface area (TPSA) is 12.0 Å². The van der Waals surface area contributed by atoms with E-state index in [1.807, 2.05) is 12.1 Å². The fourth-order valence-electron chi connectivity index (χ4n) is 1.54. The van der Waals surface area contributed by atoms with E-state index < -0.39 is 0 Å². The molecule has 0 fully saturated rings. The van der Waals surface area contributed by atoms with Gasteiger partial charge in [-0.05, 0) is 11.1 Å². The Morgan fingerprint density at radius 3 is 1.47 bits per heavy atom. The highest BCUT2D eigenvalue weighted by molar-refractivity contribution is 5.16. The first-order chi connectivity index (χ1) is 7.45. The first-order valence-corrected chi connectivity index (χ1v) is 5.24. The molecule has 0 aliphatic heterocycles. The van der Waals surface area contributed by atoms with Gasteiger partial charge >= 0.3 is 0 Å². The van der Waals surface area contributed by atoms with Gasteiger partial charge in [-0.1, -0.05) is 60.7 Å². The zero-order chi connectivity index (χ0) is 10.3. The largest absolute Gasteiger partial charge is 0.309 e. The Balaban J connectivity index is 0.00000128. The van der Waals surface area contributed by atoms with Crippen LogP contribution in [0.1, 0.15) is 12.6 Å². The lowest BCUT2D eigenvalue weighted by atomic mass is 10.2. The van der Waals surface area contributed by atoms with Crippen LogP contribution in [0.2, 0.25) is 0 Å². The smallest absolute Gasteiger partial charge is 0.0208 e. The van der Waals surface area contributed by atoms with E-state index in [1.54, 1.807) is 0 Å². The lowest BCUT2D eigenvalue weighted by Crippen LogP contribution is -2.12. The molecule has 0 aromatic heterocycles. The molecule has 0 aliphatic rings. The van der Waals surface area contributed by atoms with Gasteiger partial charge in [-0.3, -0.25) is 0 Å². The van der Waals surface area contributed by atoms with Gasteiger partial charge in [0.1, 0.15) is 0 Å². The van der Waals surface area contributed by atoms with Gasteiger partial charge in [-0.2, -0.15) is 0 Å². The van der Waals surface area contributed by atoms with Crippen LogP contribution in [0.3, 0.4) is 0 Å². The maximum atomic E-state index is 3.42. The van der Waals surface area contributed by atoms with Crippen LogP contribution >= 0.6 is 0 Å². The highest BCUT2D eigenvalue weighted by atomic mass is 14.8. The first kappa shape index (κ1) is 9.94. The van der Waals surface area contributed by atoms with Gasteiger partial charge in [-0.25, -0.2) is 0 Å². The quantitative estimate of drug-likeness (QED) is 0.797. The van der Waals surface area contributed by atoms with E-state index in [2.05, 4.69) is 53.8 Å². The third-order valence-electron chi connectivity index (χ3n) is 2.34. The van der Waals surface area contributed by atoms with Crippen molar-refractivity contribution in [3.8, 4) is 0 Å². The Morgan fingerprint density at radius 2 is 1.07 bits per heavy atom. The predicted molar refractivity (Wildman–Crippen MR) is 65.5 cm³/mol. The molecule has 2 aromatic carbocycles. The molecule has 0 unspecified atom stereocenters. The summed E-state index contributed by atoms with van der Waals surface area (Å²) in [4.78, 5) is 0. The molecule has 0 saturated carbocycles. The van der Waals surface area contributed by atoms with E-state index in [0.717, 1.165) is 13.1 Å². The zero-order valence-corrected chi connectivity index (χ0v) is 8.69. The molecule has 0 amide bonds. The van der Waals surface area contributed by atoms with Crippen LogP contribution in [0.15, 0.2) is 60.7 Å². The second-order valence-corrected chi connectivity index (χ2v) is 3.57. The van der Waals surface area contributed by atoms with Crippen molar-refractivity contribution in [2.24, 2.45) is 0 Å². The standard InChI is InChI=1S/C14H15N.H2/c1-3-7-13(8-4-1)11-15-12-14-9-5-2-6-10-14;/h1-10,15H,11-12H2;1H. The number of hydrogen-bond acceptors (Lipinski definition) is 1. The molecule has 0 spiro atoms. The highest BCUT2D eigenvalue weighted by Crippen LogP contribution is 2.00. The second kappa shape index (κ2) is 5.32. The lowest BCUT2D eigenvalue weighted by Gasteiger charge is -2.04. The molecule has 0 heterocycles. The molecule has 1 heteroatoms. The maximum absolute atomic E-state index is 3.42. The summed E-state index contributed by atoms with van der Waals surface area (Å²) in [6.07, 6.45) is 0. The van der Waals surface area contributed by atoms with Gasteiger partial charge < -0.3 is 5.32 Å². The van der Waals surface area contributed by atoms with Crippen LogP contribution in [-0.2, 0) is 13.1 Å². The Bertz CT molecular complexity index is 346. The van der Waals surface area contributed by atoms with Gasteiger partial charge in [0.25, 0.3) is 0 Å². The molecule has 0 atom stereocenters. The Kier molecular flexibility index (Phi) is 3.53. The van der Waals surface area contributed by atoms with Crippen molar-refractivity contribution < 1.29 is 1.43 Å². The SMILES string of the molecule is [HH].c1ccc(CNCc2ccccc2)cc1. The summed E-state index contributed by atoms with van der Waals surface area (Å²) >= 11 is 0. The van der Waals surface area contributed by atoms with Gasteiger partial charge in [-0.15, -0.1) is 0 Å². The summed E-state index contributed by atoms with van der Waals surface area (Å²) in [5, 5.41) is 3.42. The van der Waals surface area contributed by atoms with Crippen molar-refractivity contribution in [2.75, 3.05) is 0 Å². The van der Waals surface area contributed by atoms with Crippen molar-refractivity contribution in [3.05, 3.63) is 71.8 Å². The van der Waals surface area contributed by atoms with Crippen molar-refractivity contribution in [1.29, 1.82) is 0 Å². The number of hydrogen-bond donors (Lipinski definition) is 1. The third kappa shape index (κ3) is 3.22. The Morgan fingerprint density at radius 1 is 0.667 bits per heavy atom. The van der Waals surface area contributed by atoms with Gasteiger partial charge in [0.2, 0.25) is 0 Å². The average molecular weight is 199 g/mol. The molecule has 2 rings (SSSR count). The lowest BCUT2D eigenvalue weighted by molar-refractivity contribution is 0.693. The van der Waals surface area contributed by atoms with E-state index in [1.165, 1.54) is 11.1 Å². The van der Waals surface area contributed by atoms with Crippen LogP contribution in [0.25, 0.3) is 0 Å². The maximum Gasteiger partial charge on any atom is 0.0208 e. The van der Waals surface area contributed by atoms with Gasteiger partial charge in [0.05, 0.1) is 0 Å². The van der Waals surface area contributed by atoms with E-state index in [0.29, 0.717) is 0 Å². The van der Waals surface area contributed by atoms with Crippen LogP contribution in [0, 0.1) is 0 Å². The van der Waals surface area contributed by atoms with Crippen LogP contribution in [0.4, 0.5) is 0 Å². The Labute approximate surface area is 92.3 Å². The molecule has 78 valence electrons. The molecule has 0 bridgehead atoms. The van der Waals surface area contributed by atoms with E-state index in [-0.39, 0.29) is 1.43 Å². The number of benzene rings is 2. The fourth-order valence-corrected chi connectivity index (χ4v) is 1.54. The second-order valence-electron chi connectivity index (χ2n) is 3.57. The summed E-state index contributed by atoms with van der Waals surface area (Å²) in [6.45, 7) is 1.85. The third-order valence-corrected chi connectivity index (χ3v) is 2.34. The zero-order valence-electron chi connectivity index (χ0n) is 8.69. The van der Waals surface area contributed by atoms with Crippen molar-refractivity contribution >= 4 is 0 Å². The minimum absolute atomic E-state index is 0. The van der Waals surface area contributed by atoms with Crippen molar-refractivity contribution in [3.63, 3.8) is 0 Å². The summed E-state index contributed by atoms with van der Waals surface area (Å²) in [6, 6.07) is 20.9. The summed E-state index contributed by atoms with van der Waals surface area (Å²) in [7, 11) is 0. The molecular weight excluding hydrogens is 182 g/mol. The molecule has 0 radical (unpaired) electrons. The number of rotatable bonds is 4.